The average Bonchev–Trinajstić information content (AvgIpc) is 2.65. The molecule has 3 aromatic rings. The van der Waals surface area contributed by atoms with E-state index in [1.807, 2.05) is 31.2 Å². The van der Waals surface area contributed by atoms with Crippen LogP contribution in [0, 0.1) is 6.92 Å². The van der Waals surface area contributed by atoms with Crippen LogP contribution in [-0.2, 0) is 13.0 Å². The SMILES string of the molecule is Cc1ccc(Nc2ccnc(N3CCc4ccccc4C3)n2)cc1Cl. The van der Waals surface area contributed by atoms with Crippen molar-refractivity contribution in [1.82, 2.24) is 9.97 Å². The molecule has 0 amide bonds. The second-order valence-corrected chi connectivity index (χ2v) is 6.68. The molecule has 1 aromatic heterocycles. The number of aryl methyl sites for hydroxylation is 1. The highest BCUT2D eigenvalue weighted by molar-refractivity contribution is 6.31. The van der Waals surface area contributed by atoms with Crippen LogP contribution in [0.4, 0.5) is 17.5 Å². The van der Waals surface area contributed by atoms with Gasteiger partial charge in [0.25, 0.3) is 0 Å². The molecule has 0 saturated heterocycles. The lowest BCUT2D eigenvalue weighted by molar-refractivity contribution is 0.708. The first-order chi connectivity index (χ1) is 12.2. The first-order valence-corrected chi connectivity index (χ1v) is 8.75. The van der Waals surface area contributed by atoms with E-state index in [1.165, 1.54) is 11.1 Å². The van der Waals surface area contributed by atoms with E-state index < -0.39 is 0 Å². The Morgan fingerprint density at radius 1 is 1.08 bits per heavy atom. The summed E-state index contributed by atoms with van der Waals surface area (Å²) in [6.07, 6.45) is 2.81. The molecule has 0 saturated carbocycles. The molecule has 0 unspecified atom stereocenters. The average molecular weight is 351 g/mol. The second kappa shape index (κ2) is 6.73. The monoisotopic (exact) mass is 350 g/mol. The highest BCUT2D eigenvalue weighted by atomic mass is 35.5. The van der Waals surface area contributed by atoms with Crippen LogP contribution < -0.4 is 10.2 Å². The van der Waals surface area contributed by atoms with Crippen LogP contribution in [0.15, 0.2) is 54.7 Å². The van der Waals surface area contributed by atoms with Gasteiger partial charge in [-0.25, -0.2) is 4.98 Å². The Balaban J connectivity index is 1.55. The molecule has 0 radical (unpaired) electrons. The maximum Gasteiger partial charge on any atom is 0.227 e. The zero-order valence-electron chi connectivity index (χ0n) is 14.0. The number of nitrogens with zero attached hydrogens (tertiary/aromatic N) is 3. The highest BCUT2D eigenvalue weighted by Crippen LogP contribution is 2.25. The summed E-state index contributed by atoms with van der Waals surface area (Å²) >= 11 is 6.20. The zero-order chi connectivity index (χ0) is 17.2. The fraction of sp³-hybridized carbons (Fsp3) is 0.200. The third-order valence-electron chi connectivity index (χ3n) is 4.50. The van der Waals surface area contributed by atoms with Crippen LogP contribution >= 0.6 is 11.6 Å². The van der Waals surface area contributed by atoms with Crippen molar-refractivity contribution in [3.05, 3.63) is 76.4 Å². The van der Waals surface area contributed by atoms with Crippen LogP contribution in [-0.4, -0.2) is 16.5 Å². The lowest BCUT2D eigenvalue weighted by Crippen LogP contribution is -2.31. The number of anilines is 3. The van der Waals surface area contributed by atoms with E-state index in [1.54, 1.807) is 6.20 Å². The molecule has 0 spiro atoms. The van der Waals surface area contributed by atoms with Crippen LogP contribution in [0.3, 0.4) is 0 Å². The van der Waals surface area contributed by atoms with E-state index in [2.05, 4.69) is 44.5 Å². The molecular formula is C20H19ClN4. The zero-order valence-corrected chi connectivity index (χ0v) is 14.8. The number of benzene rings is 2. The Morgan fingerprint density at radius 2 is 1.92 bits per heavy atom. The Hall–Kier alpha value is -2.59. The number of aromatic nitrogens is 2. The molecular weight excluding hydrogens is 332 g/mol. The van der Waals surface area contributed by atoms with Crippen LogP contribution in [0.2, 0.25) is 5.02 Å². The quantitative estimate of drug-likeness (QED) is 0.740. The predicted octanol–water partition coefficient (Wildman–Crippen LogP) is 4.74. The Kier molecular flexibility index (Phi) is 4.28. The van der Waals surface area contributed by atoms with Crippen LogP contribution in [0.5, 0.6) is 0 Å². The summed E-state index contributed by atoms with van der Waals surface area (Å²) in [6, 6.07) is 16.3. The van der Waals surface area contributed by atoms with E-state index in [-0.39, 0.29) is 0 Å². The minimum absolute atomic E-state index is 0.743. The lowest BCUT2D eigenvalue weighted by atomic mass is 10.0. The Morgan fingerprint density at radius 3 is 2.76 bits per heavy atom. The molecule has 0 bridgehead atoms. The van der Waals surface area contributed by atoms with Gasteiger partial charge in [-0.05, 0) is 48.2 Å². The van der Waals surface area contributed by atoms with Gasteiger partial charge in [-0.15, -0.1) is 0 Å². The summed E-state index contributed by atoms with van der Waals surface area (Å²) in [5, 5.41) is 4.05. The van der Waals surface area contributed by atoms with Crippen molar-refractivity contribution in [1.29, 1.82) is 0 Å². The summed E-state index contributed by atoms with van der Waals surface area (Å²) in [5.41, 5.74) is 4.75. The topological polar surface area (TPSA) is 41.1 Å². The molecule has 1 aliphatic heterocycles. The fourth-order valence-corrected chi connectivity index (χ4v) is 3.24. The summed E-state index contributed by atoms with van der Waals surface area (Å²) in [7, 11) is 0. The third-order valence-corrected chi connectivity index (χ3v) is 4.91. The molecule has 1 N–H and O–H groups in total. The molecule has 5 heteroatoms. The van der Waals surface area contributed by atoms with Gasteiger partial charge >= 0.3 is 0 Å². The van der Waals surface area contributed by atoms with Gasteiger partial charge in [-0.3, -0.25) is 0 Å². The smallest absolute Gasteiger partial charge is 0.227 e. The number of halogens is 1. The van der Waals surface area contributed by atoms with Gasteiger partial charge in [0, 0.05) is 30.0 Å². The molecule has 0 aliphatic carbocycles. The van der Waals surface area contributed by atoms with E-state index in [4.69, 9.17) is 11.6 Å². The minimum atomic E-state index is 0.743. The van der Waals surface area contributed by atoms with E-state index in [0.717, 1.165) is 47.6 Å². The molecule has 0 fully saturated rings. The van der Waals surface area contributed by atoms with Crippen molar-refractivity contribution in [2.24, 2.45) is 0 Å². The number of nitrogens with one attached hydrogen (secondary N) is 1. The standard InChI is InChI=1S/C20H19ClN4/c1-14-6-7-17(12-18(14)21)23-19-8-10-22-20(24-19)25-11-9-15-4-2-3-5-16(15)13-25/h2-8,10,12H,9,11,13H2,1H3,(H,22,23,24). The largest absolute Gasteiger partial charge is 0.340 e. The van der Waals surface area contributed by atoms with Crippen molar-refractivity contribution in [3.63, 3.8) is 0 Å². The van der Waals surface area contributed by atoms with Crippen molar-refractivity contribution >= 4 is 29.1 Å². The molecule has 2 heterocycles. The predicted molar refractivity (Wildman–Crippen MR) is 103 cm³/mol. The van der Waals surface area contributed by atoms with Crippen molar-refractivity contribution in [2.75, 3.05) is 16.8 Å². The first kappa shape index (κ1) is 15.9. The number of fused-ring (bicyclic) bond motifs is 1. The number of hydrogen-bond acceptors (Lipinski definition) is 4. The molecule has 4 rings (SSSR count). The van der Waals surface area contributed by atoms with Crippen LogP contribution in [0.25, 0.3) is 0 Å². The molecule has 2 aromatic carbocycles. The number of hydrogen-bond donors (Lipinski definition) is 1. The lowest BCUT2D eigenvalue weighted by Gasteiger charge is -2.28. The maximum atomic E-state index is 6.20. The van der Waals surface area contributed by atoms with E-state index >= 15 is 0 Å². The molecule has 25 heavy (non-hydrogen) atoms. The summed E-state index contributed by atoms with van der Waals surface area (Å²) in [5.74, 6) is 1.52. The Bertz CT molecular complexity index is 910. The van der Waals surface area contributed by atoms with Gasteiger partial charge in [0.2, 0.25) is 5.95 Å². The van der Waals surface area contributed by atoms with Gasteiger partial charge in [0.15, 0.2) is 0 Å². The summed E-state index contributed by atoms with van der Waals surface area (Å²) in [4.78, 5) is 11.4. The van der Waals surface area contributed by atoms with Crippen molar-refractivity contribution in [3.8, 4) is 0 Å². The molecule has 126 valence electrons. The van der Waals surface area contributed by atoms with Gasteiger partial charge < -0.3 is 10.2 Å². The minimum Gasteiger partial charge on any atom is -0.340 e. The fourth-order valence-electron chi connectivity index (χ4n) is 3.06. The maximum absolute atomic E-state index is 6.20. The van der Waals surface area contributed by atoms with Crippen LogP contribution in [0.1, 0.15) is 16.7 Å². The van der Waals surface area contributed by atoms with Crippen molar-refractivity contribution in [2.45, 2.75) is 19.9 Å². The number of rotatable bonds is 3. The van der Waals surface area contributed by atoms with Gasteiger partial charge in [0.1, 0.15) is 5.82 Å². The van der Waals surface area contributed by atoms with E-state index in [0.29, 0.717) is 0 Å². The highest BCUT2D eigenvalue weighted by Gasteiger charge is 2.18. The summed E-state index contributed by atoms with van der Waals surface area (Å²) in [6.45, 7) is 3.76. The molecule has 1 aliphatic rings. The first-order valence-electron chi connectivity index (χ1n) is 8.37. The molecule has 0 atom stereocenters. The van der Waals surface area contributed by atoms with Gasteiger partial charge in [0.05, 0.1) is 0 Å². The normalized spacial score (nSPS) is 13.4. The van der Waals surface area contributed by atoms with E-state index in [9.17, 15) is 0 Å². The van der Waals surface area contributed by atoms with Gasteiger partial charge in [-0.2, -0.15) is 4.98 Å². The molecule has 4 nitrogen and oxygen atoms in total. The third kappa shape index (κ3) is 3.44. The van der Waals surface area contributed by atoms with Gasteiger partial charge in [-0.1, -0.05) is 41.9 Å². The Labute approximate surface area is 152 Å². The second-order valence-electron chi connectivity index (χ2n) is 6.27. The van der Waals surface area contributed by atoms with Crippen molar-refractivity contribution < 1.29 is 0 Å². The summed E-state index contributed by atoms with van der Waals surface area (Å²) < 4.78 is 0.